The first-order valence-corrected chi connectivity index (χ1v) is 21.0. The molecule has 0 bridgehead atoms. The molecule has 0 saturated carbocycles. The number of benzene rings is 5. The predicted octanol–water partition coefficient (Wildman–Crippen LogP) is 9.54. The van der Waals surface area contributed by atoms with E-state index in [1.54, 1.807) is 35.2 Å². The Bertz CT molecular complexity index is 2760. The fourth-order valence-corrected chi connectivity index (χ4v) is 8.30. The van der Waals surface area contributed by atoms with Gasteiger partial charge in [-0.15, -0.1) is 0 Å². The van der Waals surface area contributed by atoms with Crippen LogP contribution >= 0.6 is 11.6 Å². The molecule has 5 aromatic carbocycles. The number of fused-ring (bicyclic) bond motifs is 2. The third kappa shape index (κ3) is 9.60. The van der Waals surface area contributed by atoms with Gasteiger partial charge in [-0.3, -0.25) is 14.5 Å². The molecule has 1 aliphatic heterocycles. The molecule has 9 nitrogen and oxygen atoms in total. The lowest BCUT2D eigenvalue weighted by Crippen LogP contribution is -2.49. The molecule has 0 atom stereocenters. The van der Waals surface area contributed by atoms with Crippen molar-refractivity contribution in [3.05, 3.63) is 176 Å². The summed E-state index contributed by atoms with van der Waals surface area (Å²) in [5.74, 6) is -0.521. The van der Waals surface area contributed by atoms with Crippen LogP contribution in [0.2, 0.25) is 5.02 Å². The van der Waals surface area contributed by atoms with E-state index in [9.17, 15) is 18.4 Å². The number of nitrogens with zero attached hydrogens (tertiary/aromatic N) is 3. The molecule has 8 rings (SSSR count). The normalized spacial score (nSPS) is 13.8. The summed E-state index contributed by atoms with van der Waals surface area (Å²) in [7, 11) is 0. The van der Waals surface area contributed by atoms with Crippen LogP contribution in [0, 0.1) is 11.6 Å². The van der Waals surface area contributed by atoms with Crippen molar-refractivity contribution in [1.82, 2.24) is 25.0 Å². The van der Waals surface area contributed by atoms with Crippen molar-refractivity contribution in [3.63, 3.8) is 0 Å². The lowest BCUT2D eigenvalue weighted by atomic mass is 9.87. The van der Waals surface area contributed by atoms with Crippen molar-refractivity contribution in [2.75, 3.05) is 52.5 Å². The summed E-state index contributed by atoms with van der Waals surface area (Å²) in [6.07, 6.45) is 3.67. The minimum atomic E-state index is -0.562. The Morgan fingerprint density at radius 3 is 2.39 bits per heavy atom. The Morgan fingerprint density at radius 2 is 1.61 bits per heavy atom. The molecule has 1 saturated heterocycles. The van der Waals surface area contributed by atoms with E-state index >= 15 is 0 Å². The van der Waals surface area contributed by atoms with Crippen molar-refractivity contribution in [3.8, 4) is 5.75 Å². The Kier molecular flexibility index (Phi) is 13.0. The number of rotatable bonds is 15. The molecule has 2 aromatic heterocycles. The second-order valence-electron chi connectivity index (χ2n) is 15.1. The molecule has 0 aliphatic carbocycles. The molecule has 61 heavy (non-hydrogen) atoms. The number of aromatic nitrogens is 3. The average molecular weight is 842 g/mol. The molecule has 0 spiro atoms. The van der Waals surface area contributed by atoms with E-state index in [1.807, 2.05) is 48.7 Å². The summed E-state index contributed by atoms with van der Waals surface area (Å²) in [5, 5.41) is 9.50. The Morgan fingerprint density at radius 1 is 0.820 bits per heavy atom. The van der Waals surface area contributed by atoms with Crippen molar-refractivity contribution in [1.29, 1.82) is 0 Å². The number of allylic oxidation sites excluding steroid dienone is 1. The highest BCUT2D eigenvalue weighted by atomic mass is 35.5. The molecule has 2 N–H and O–H groups in total. The zero-order chi connectivity index (χ0) is 42.3. The van der Waals surface area contributed by atoms with Crippen LogP contribution in [0.25, 0.3) is 32.8 Å². The maximum absolute atomic E-state index is 15.0. The van der Waals surface area contributed by atoms with Gasteiger partial charge in [0.25, 0.3) is 11.5 Å². The van der Waals surface area contributed by atoms with Gasteiger partial charge in [0.15, 0.2) is 0 Å². The van der Waals surface area contributed by atoms with Gasteiger partial charge in [-0.2, -0.15) is 5.10 Å². The maximum atomic E-state index is 15.0. The van der Waals surface area contributed by atoms with Gasteiger partial charge >= 0.3 is 0 Å². The number of amides is 1. The molecule has 0 radical (unpaired) electrons. The largest absolute Gasteiger partial charge is 0.494 e. The third-order valence-electron chi connectivity index (χ3n) is 11.2. The second kappa shape index (κ2) is 19.1. The average Bonchev–Trinajstić information content (AvgIpc) is 3.76. The Balaban J connectivity index is 0.797. The SMILES string of the molecule is CC/C(=C(/c1ccc(OCCCOCCN2CCN(C(=O)c3cc(Cc4n[nH]c(=O)c5ccccc45)ccc3F)CC2)cc1)c1ccc2[nH]ccc2c1)c1ccc(F)cc1Cl. The van der Waals surface area contributed by atoms with E-state index in [0.717, 1.165) is 62.0 Å². The highest BCUT2D eigenvalue weighted by molar-refractivity contribution is 6.32. The molecule has 3 heterocycles. The molecular formula is C49H46ClF2N5O4. The number of carbonyl (C=O) groups excluding carboxylic acids is 1. The molecule has 1 amide bonds. The number of piperazine rings is 1. The van der Waals surface area contributed by atoms with Gasteiger partial charge in [0.05, 0.1) is 34.9 Å². The summed E-state index contributed by atoms with van der Waals surface area (Å²) >= 11 is 6.60. The summed E-state index contributed by atoms with van der Waals surface area (Å²) in [4.78, 5) is 32.9. The topological polar surface area (TPSA) is 104 Å². The van der Waals surface area contributed by atoms with E-state index in [1.165, 1.54) is 18.2 Å². The van der Waals surface area contributed by atoms with Gasteiger partial charge in [-0.05, 0) is 106 Å². The summed E-state index contributed by atoms with van der Waals surface area (Å²) < 4.78 is 41.0. The van der Waals surface area contributed by atoms with E-state index in [4.69, 9.17) is 21.1 Å². The molecular weight excluding hydrogens is 796 g/mol. The van der Waals surface area contributed by atoms with Crippen molar-refractivity contribution >= 4 is 50.3 Å². The van der Waals surface area contributed by atoms with E-state index in [0.29, 0.717) is 81.4 Å². The maximum Gasteiger partial charge on any atom is 0.272 e. The fourth-order valence-electron chi connectivity index (χ4n) is 8.02. The smallest absolute Gasteiger partial charge is 0.272 e. The van der Waals surface area contributed by atoms with E-state index in [2.05, 4.69) is 45.2 Å². The van der Waals surface area contributed by atoms with Crippen LogP contribution < -0.4 is 10.3 Å². The standard InChI is InChI=1S/C49H46ClF2N5O4/c1-2-38(39-15-12-36(51)31-43(39)50)47(35-11-17-45-34(30-35)18-19-53-45)33-9-13-37(14-10-33)61-26-5-25-60-27-24-56-20-22-57(23-21-56)49(59)42-28-32(8-16-44(42)52)29-46-40-6-3-4-7-41(40)48(58)55-54-46/h3-4,6-19,28,30-31,53H,2,5,20-27,29H2,1H3,(H,55,58)/b47-38+. The number of H-pyrrole nitrogens is 2. The van der Waals surface area contributed by atoms with Gasteiger partial charge in [-0.1, -0.05) is 67.1 Å². The van der Waals surface area contributed by atoms with Gasteiger partial charge in [-0.25, -0.2) is 13.9 Å². The minimum Gasteiger partial charge on any atom is -0.494 e. The van der Waals surface area contributed by atoms with Gasteiger partial charge in [0.2, 0.25) is 0 Å². The summed E-state index contributed by atoms with van der Waals surface area (Å²) in [6, 6.07) is 32.7. The monoisotopic (exact) mass is 841 g/mol. The number of aromatic amines is 2. The molecule has 1 aliphatic rings. The Labute approximate surface area is 357 Å². The zero-order valence-corrected chi connectivity index (χ0v) is 34.6. The molecule has 12 heteroatoms. The zero-order valence-electron chi connectivity index (χ0n) is 33.9. The number of hydrogen-bond acceptors (Lipinski definition) is 6. The third-order valence-corrected chi connectivity index (χ3v) is 11.5. The van der Waals surface area contributed by atoms with E-state index < -0.39 is 5.82 Å². The van der Waals surface area contributed by atoms with Crippen LogP contribution in [0.3, 0.4) is 0 Å². The summed E-state index contributed by atoms with van der Waals surface area (Å²) in [6.45, 7) is 6.70. The first kappa shape index (κ1) is 41.6. The van der Waals surface area contributed by atoms with Crippen LogP contribution in [0.5, 0.6) is 5.75 Å². The van der Waals surface area contributed by atoms with Gasteiger partial charge < -0.3 is 19.4 Å². The number of carbonyl (C=O) groups is 1. The molecule has 1 fully saturated rings. The van der Waals surface area contributed by atoms with Crippen molar-refractivity contribution < 1.29 is 23.0 Å². The predicted molar refractivity (Wildman–Crippen MR) is 237 cm³/mol. The minimum absolute atomic E-state index is 0.0336. The number of hydrogen-bond donors (Lipinski definition) is 2. The molecule has 7 aromatic rings. The van der Waals surface area contributed by atoms with Crippen LogP contribution in [0.1, 0.15) is 58.1 Å². The van der Waals surface area contributed by atoms with Gasteiger partial charge in [0, 0.05) is 69.3 Å². The highest BCUT2D eigenvalue weighted by Gasteiger charge is 2.25. The van der Waals surface area contributed by atoms with Crippen molar-refractivity contribution in [2.45, 2.75) is 26.2 Å². The quantitative estimate of drug-likeness (QED) is 0.0788. The number of nitrogens with one attached hydrogen (secondary N) is 2. The second-order valence-corrected chi connectivity index (χ2v) is 15.5. The lowest BCUT2D eigenvalue weighted by Gasteiger charge is -2.34. The van der Waals surface area contributed by atoms with Crippen molar-refractivity contribution in [2.24, 2.45) is 0 Å². The first-order valence-electron chi connectivity index (χ1n) is 20.6. The van der Waals surface area contributed by atoms with Gasteiger partial charge in [0.1, 0.15) is 17.4 Å². The van der Waals surface area contributed by atoms with E-state index in [-0.39, 0.29) is 22.8 Å². The fraction of sp³-hybridized carbons (Fsp3) is 0.245. The highest BCUT2D eigenvalue weighted by Crippen LogP contribution is 2.38. The lowest BCUT2D eigenvalue weighted by molar-refractivity contribution is 0.0535. The summed E-state index contributed by atoms with van der Waals surface area (Å²) in [5.41, 5.74) is 7.08. The Hall–Kier alpha value is -6.14. The molecule has 0 unspecified atom stereocenters. The first-order chi connectivity index (χ1) is 29.7. The van der Waals surface area contributed by atoms with Crippen LogP contribution in [-0.4, -0.2) is 83.4 Å². The number of halogens is 3. The van der Waals surface area contributed by atoms with Crippen LogP contribution in [0.15, 0.2) is 120 Å². The number of ether oxygens (including phenoxy) is 2. The van der Waals surface area contributed by atoms with Crippen LogP contribution in [0.4, 0.5) is 8.78 Å². The van der Waals surface area contributed by atoms with Crippen LogP contribution in [-0.2, 0) is 11.2 Å². The molecule has 312 valence electrons.